The quantitative estimate of drug-likeness (QED) is 0.401. The van der Waals surface area contributed by atoms with E-state index in [9.17, 15) is 8.42 Å². The number of primary sulfonamides is 1. The van der Waals surface area contributed by atoms with E-state index in [4.69, 9.17) is 14.6 Å². The van der Waals surface area contributed by atoms with Gasteiger partial charge in [0.1, 0.15) is 6.61 Å². The van der Waals surface area contributed by atoms with E-state index < -0.39 is 10.0 Å². The highest BCUT2D eigenvalue weighted by atomic mass is 35.5. The van der Waals surface area contributed by atoms with Gasteiger partial charge >= 0.3 is 0 Å². The van der Waals surface area contributed by atoms with Crippen molar-refractivity contribution in [1.82, 2.24) is 5.32 Å². The average Bonchev–Trinajstić information content (AvgIpc) is 3.24. The Morgan fingerprint density at radius 3 is 2.45 bits per heavy atom. The van der Waals surface area contributed by atoms with Gasteiger partial charge in [-0.15, -0.1) is 23.7 Å². The molecule has 0 radical (unpaired) electrons. The van der Waals surface area contributed by atoms with Crippen LogP contribution in [0.25, 0.3) is 0 Å². The summed E-state index contributed by atoms with van der Waals surface area (Å²) in [6.45, 7) is 4.40. The number of sulfonamides is 1. The molecule has 6 nitrogen and oxygen atoms in total. The zero-order valence-electron chi connectivity index (χ0n) is 17.2. The highest BCUT2D eigenvalue weighted by Gasteiger charge is 2.12. The summed E-state index contributed by atoms with van der Waals surface area (Å²) in [5.41, 5.74) is 2.06. The number of ether oxygens (including phenoxy) is 2. The first-order chi connectivity index (χ1) is 14.5. The largest absolute Gasteiger partial charge is 0.490 e. The lowest BCUT2D eigenvalue weighted by Gasteiger charge is -2.16. The molecule has 31 heavy (non-hydrogen) atoms. The maximum absolute atomic E-state index is 11.3. The van der Waals surface area contributed by atoms with Crippen LogP contribution in [0.2, 0.25) is 0 Å². The van der Waals surface area contributed by atoms with Crippen molar-refractivity contribution in [2.75, 3.05) is 13.2 Å². The summed E-state index contributed by atoms with van der Waals surface area (Å²) in [5, 5.41) is 10.6. The Hall–Kier alpha value is -2.10. The molecule has 2 aromatic carbocycles. The molecule has 0 saturated carbocycles. The number of nitrogens with two attached hydrogens (primary N) is 1. The molecule has 3 N–H and O–H groups in total. The Kier molecular flexibility index (Phi) is 9.80. The lowest BCUT2D eigenvalue weighted by Crippen LogP contribution is -2.18. The first kappa shape index (κ1) is 25.2. The van der Waals surface area contributed by atoms with E-state index in [1.165, 1.54) is 12.1 Å². The minimum Gasteiger partial charge on any atom is -0.490 e. The molecule has 0 unspecified atom stereocenters. The number of para-hydroxylation sites is 1. The molecule has 0 atom stereocenters. The van der Waals surface area contributed by atoms with Gasteiger partial charge in [0.15, 0.2) is 11.5 Å². The fourth-order valence-corrected chi connectivity index (χ4v) is 4.10. The van der Waals surface area contributed by atoms with E-state index in [-0.39, 0.29) is 17.3 Å². The molecule has 0 aliphatic carbocycles. The third-order valence-corrected chi connectivity index (χ3v) is 6.24. The molecular weight excluding hydrogens is 456 g/mol. The van der Waals surface area contributed by atoms with Gasteiger partial charge in [0, 0.05) is 17.0 Å². The molecule has 9 heteroatoms. The number of nitrogens with one attached hydrogen (secondary N) is 1. The second-order valence-electron chi connectivity index (χ2n) is 6.66. The molecule has 3 rings (SSSR count). The van der Waals surface area contributed by atoms with Crippen molar-refractivity contribution in [3.05, 3.63) is 76.0 Å². The predicted molar refractivity (Wildman–Crippen MR) is 127 cm³/mol. The average molecular weight is 483 g/mol. The fourth-order valence-electron chi connectivity index (χ4n) is 2.97. The SMILES string of the molecule is CCOc1cccc(CNCCc2ccc(S(N)(=O)=O)cc2)c1OCc1cccs1.Cl. The van der Waals surface area contributed by atoms with Crippen LogP contribution in [-0.4, -0.2) is 21.6 Å². The van der Waals surface area contributed by atoms with Crippen LogP contribution in [0.3, 0.4) is 0 Å². The van der Waals surface area contributed by atoms with E-state index in [0.29, 0.717) is 19.8 Å². The summed E-state index contributed by atoms with van der Waals surface area (Å²) in [6.07, 6.45) is 0.765. The van der Waals surface area contributed by atoms with Gasteiger partial charge in [-0.25, -0.2) is 13.6 Å². The van der Waals surface area contributed by atoms with Crippen LogP contribution in [0, 0.1) is 0 Å². The number of hydrogen-bond donors (Lipinski definition) is 2. The van der Waals surface area contributed by atoms with Crippen LogP contribution in [0.1, 0.15) is 22.9 Å². The summed E-state index contributed by atoms with van der Waals surface area (Å²) in [4.78, 5) is 1.28. The second kappa shape index (κ2) is 12.1. The van der Waals surface area contributed by atoms with Crippen LogP contribution >= 0.6 is 23.7 Å². The fraction of sp³-hybridized carbons (Fsp3) is 0.273. The van der Waals surface area contributed by atoms with Crippen molar-refractivity contribution < 1.29 is 17.9 Å². The maximum atomic E-state index is 11.3. The lowest BCUT2D eigenvalue weighted by atomic mass is 10.1. The molecule has 0 spiro atoms. The summed E-state index contributed by atoms with van der Waals surface area (Å²) in [7, 11) is -3.66. The van der Waals surface area contributed by atoms with Crippen LogP contribution in [0.5, 0.6) is 11.5 Å². The number of benzene rings is 2. The van der Waals surface area contributed by atoms with E-state index >= 15 is 0 Å². The van der Waals surface area contributed by atoms with Crippen LogP contribution < -0.4 is 19.9 Å². The third kappa shape index (κ3) is 7.52. The van der Waals surface area contributed by atoms with Gasteiger partial charge in [0.25, 0.3) is 0 Å². The van der Waals surface area contributed by atoms with Crippen molar-refractivity contribution in [3.63, 3.8) is 0 Å². The van der Waals surface area contributed by atoms with Crippen LogP contribution in [0.15, 0.2) is 64.9 Å². The van der Waals surface area contributed by atoms with Crippen LogP contribution in [0.4, 0.5) is 0 Å². The van der Waals surface area contributed by atoms with E-state index in [1.54, 1.807) is 23.5 Å². The molecule has 0 amide bonds. The molecule has 1 heterocycles. The highest BCUT2D eigenvalue weighted by molar-refractivity contribution is 7.89. The molecule has 3 aromatic rings. The van der Waals surface area contributed by atoms with Gasteiger partial charge < -0.3 is 14.8 Å². The number of hydrogen-bond acceptors (Lipinski definition) is 6. The van der Waals surface area contributed by atoms with Gasteiger partial charge in [0.2, 0.25) is 10.0 Å². The molecule has 0 bridgehead atoms. The predicted octanol–water partition coefficient (Wildman–Crippen LogP) is 4.13. The Labute approximate surface area is 193 Å². The summed E-state index contributed by atoms with van der Waals surface area (Å²) < 4.78 is 34.5. The van der Waals surface area contributed by atoms with Crippen molar-refractivity contribution in [2.45, 2.75) is 31.4 Å². The zero-order chi connectivity index (χ0) is 21.4. The maximum Gasteiger partial charge on any atom is 0.238 e. The number of rotatable bonds is 11. The van der Waals surface area contributed by atoms with Crippen LogP contribution in [-0.2, 0) is 29.6 Å². The minimum absolute atomic E-state index is 0. The summed E-state index contributed by atoms with van der Waals surface area (Å²) in [6, 6.07) is 16.6. The first-order valence-electron chi connectivity index (χ1n) is 9.69. The molecule has 0 aliphatic heterocycles. The zero-order valence-corrected chi connectivity index (χ0v) is 19.7. The molecule has 0 fully saturated rings. The van der Waals surface area contributed by atoms with Crippen molar-refractivity contribution >= 4 is 33.8 Å². The number of thiophene rings is 1. The van der Waals surface area contributed by atoms with E-state index in [1.807, 2.05) is 42.6 Å². The standard InChI is InChI=1S/C22H26N2O4S2.ClH/c1-2-27-21-7-3-5-18(22(21)28-16-19-6-4-14-29-19)15-24-13-12-17-8-10-20(11-9-17)30(23,25)26;/h3-11,14,24H,2,12-13,15-16H2,1H3,(H2,23,25,26);1H. The van der Waals surface area contributed by atoms with E-state index in [0.717, 1.165) is 40.5 Å². The minimum atomic E-state index is -3.66. The van der Waals surface area contributed by atoms with Gasteiger partial charge in [-0.3, -0.25) is 0 Å². The van der Waals surface area contributed by atoms with Crippen molar-refractivity contribution in [1.29, 1.82) is 0 Å². The lowest BCUT2D eigenvalue weighted by molar-refractivity contribution is 0.268. The third-order valence-electron chi connectivity index (χ3n) is 4.46. The van der Waals surface area contributed by atoms with Gasteiger partial charge in [0.05, 0.1) is 11.5 Å². The molecular formula is C22H27ClN2O4S2. The molecule has 168 valence electrons. The first-order valence-corrected chi connectivity index (χ1v) is 12.1. The Bertz CT molecular complexity index is 1040. The molecule has 0 saturated heterocycles. The van der Waals surface area contributed by atoms with Crippen molar-refractivity contribution in [3.8, 4) is 11.5 Å². The second-order valence-corrected chi connectivity index (χ2v) is 9.25. The van der Waals surface area contributed by atoms with Gasteiger partial charge in [-0.1, -0.05) is 30.3 Å². The monoisotopic (exact) mass is 482 g/mol. The Balaban J connectivity index is 0.00000341. The smallest absolute Gasteiger partial charge is 0.238 e. The summed E-state index contributed by atoms with van der Waals surface area (Å²) >= 11 is 1.66. The Morgan fingerprint density at radius 1 is 1.03 bits per heavy atom. The normalized spacial score (nSPS) is 11.0. The summed E-state index contributed by atoms with van der Waals surface area (Å²) in [5.74, 6) is 1.50. The van der Waals surface area contributed by atoms with Gasteiger partial charge in [-0.2, -0.15) is 0 Å². The number of halogens is 1. The molecule has 0 aliphatic rings. The molecule has 1 aromatic heterocycles. The highest BCUT2D eigenvalue weighted by Crippen LogP contribution is 2.32. The Morgan fingerprint density at radius 2 is 1.81 bits per heavy atom. The van der Waals surface area contributed by atoms with E-state index in [2.05, 4.69) is 5.32 Å². The topological polar surface area (TPSA) is 90.6 Å². The van der Waals surface area contributed by atoms with Gasteiger partial charge in [-0.05, 0) is 55.1 Å². The van der Waals surface area contributed by atoms with Crippen molar-refractivity contribution in [2.24, 2.45) is 5.14 Å².